The number of methoxy groups -OCH3 is 1. The fourth-order valence-corrected chi connectivity index (χ4v) is 4.59. The number of rotatable bonds is 6. The highest BCUT2D eigenvalue weighted by Gasteiger charge is 2.35. The Bertz CT molecular complexity index is 1650. The van der Waals surface area contributed by atoms with Crippen molar-refractivity contribution in [3.05, 3.63) is 71.5 Å². The lowest BCUT2D eigenvalue weighted by Gasteiger charge is -2.13. The van der Waals surface area contributed by atoms with Crippen LogP contribution in [-0.2, 0) is 19.6 Å². The van der Waals surface area contributed by atoms with Crippen LogP contribution >= 0.6 is 0 Å². The molecule has 0 amide bonds. The van der Waals surface area contributed by atoms with Crippen molar-refractivity contribution < 1.29 is 17.9 Å². The van der Waals surface area contributed by atoms with Gasteiger partial charge in [-0.05, 0) is 25.3 Å². The topological polar surface area (TPSA) is 96.4 Å². The van der Waals surface area contributed by atoms with Crippen molar-refractivity contribution in [1.29, 1.82) is 0 Å². The minimum Gasteiger partial charge on any atom is -0.479 e. The van der Waals surface area contributed by atoms with Crippen LogP contribution in [-0.4, -0.2) is 46.4 Å². The van der Waals surface area contributed by atoms with Crippen LogP contribution in [0.3, 0.4) is 0 Å². The fraction of sp³-hybridized carbons (Fsp3) is 0.308. The molecule has 1 aliphatic rings. The van der Waals surface area contributed by atoms with Gasteiger partial charge in [-0.3, -0.25) is 0 Å². The average Bonchev–Trinajstić information content (AvgIpc) is 3.58. The number of aromatic nitrogens is 8. The van der Waals surface area contributed by atoms with Gasteiger partial charge in [-0.25, -0.2) is 24.6 Å². The Hall–Kier alpha value is -4.35. The summed E-state index contributed by atoms with van der Waals surface area (Å²) < 4.78 is 48.0. The first-order valence-electron chi connectivity index (χ1n) is 12.0. The van der Waals surface area contributed by atoms with Crippen molar-refractivity contribution in [1.82, 2.24) is 39.3 Å². The molecule has 6 rings (SSSR count). The highest BCUT2D eigenvalue weighted by Crippen LogP contribution is 2.44. The molecule has 194 valence electrons. The Morgan fingerprint density at radius 3 is 2.50 bits per heavy atom. The van der Waals surface area contributed by atoms with Gasteiger partial charge in [0.05, 0.1) is 24.7 Å². The standard InChI is InChI=1S/C26H23F3N8O/c1-14-32-21(16-8-9-16)23(25(33-14)38-3)37-19-11-30-13-31-22(19)18(35-37)10-15-4-6-17(7-5-15)24-34-20(12-36(24)2)26(27,28)29/h4-7,11-13,16H,8-10H2,1-3H3. The number of hydrogen-bond donors (Lipinski definition) is 0. The normalized spacial score (nSPS) is 13.8. The quantitative estimate of drug-likeness (QED) is 0.317. The minimum atomic E-state index is -4.50. The van der Waals surface area contributed by atoms with Gasteiger partial charge in [0.2, 0.25) is 5.88 Å². The van der Waals surface area contributed by atoms with Crippen LogP contribution in [0.2, 0.25) is 0 Å². The molecular formula is C26H23F3N8O. The van der Waals surface area contributed by atoms with E-state index in [9.17, 15) is 13.2 Å². The molecule has 12 heteroatoms. The molecule has 0 spiro atoms. The number of halogens is 3. The van der Waals surface area contributed by atoms with E-state index in [-0.39, 0.29) is 5.82 Å². The second kappa shape index (κ2) is 8.89. The van der Waals surface area contributed by atoms with E-state index < -0.39 is 11.9 Å². The Morgan fingerprint density at radius 1 is 1.08 bits per heavy atom. The number of alkyl halides is 3. The average molecular weight is 521 g/mol. The summed E-state index contributed by atoms with van der Waals surface area (Å²) >= 11 is 0. The Balaban J connectivity index is 1.38. The first-order valence-corrected chi connectivity index (χ1v) is 12.0. The van der Waals surface area contributed by atoms with E-state index in [2.05, 4.69) is 19.9 Å². The summed E-state index contributed by atoms with van der Waals surface area (Å²) in [7, 11) is 3.12. The molecule has 38 heavy (non-hydrogen) atoms. The first kappa shape index (κ1) is 24.0. The number of aryl methyl sites for hydroxylation is 2. The van der Waals surface area contributed by atoms with E-state index >= 15 is 0 Å². The molecule has 1 fully saturated rings. The zero-order valence-corrected chi connectivity index (χ0v) is 20.9. The summed E-state index contributed by atoms with van der Waals surface area (Å²) in [6, 6.07) is 7.23. The van der Waals surface area contributed by atoms with E-state index in [0.717, 1.165) is 36.0 Å². The van der Waals surface area contributed by atoms with Crippen molar-refractivity contribution in [2.75, 3.05) is 7.11 Å². The molecule has 1 aromatic carbocycles. The molecular weight excluding hydrogens is 497 g/mol. The monoisotopic (exact) mass is 520 g/mol. The highest BCUT2D eigenvalue weighted by atomic mass is 19.4. The van der Waals surface area contributed by atoms with Crippen molar-refractivity contribution in [2.45, 2.75) is 38.3 Å². The van der Waals surface area contributed by atoms with Crippen molar-refractivity contribution in [2.24, 2.45) is 7.05 Å². The largest absolute Gasteiger partial charge is 0.479 e. The van der Waals surface area contributed by atoms with E-state index in [1.807, 2.05) is 19.1 Å². The van der Waals surface area contributed by atoms with Gasteiger partial charge in [0, 0.05) is 31.1 Å². The number of benzene rings is 1. The molecule has 0 N–H and O–H groups in total. The van der Waals surface area contributed by atoms with Gasteiger partial charge in [-0.15, -0.1) is 0 Å². The maximum atomic E-state index is 13.1. The molecule has 0 radical (unpaired) electrons. The molecule has 0 unspecified atom stereocenters. The van der Waals surface area contributed by atoms with Gasteiger partial charge < -0.3 is 9.30 Å². The Morgan fingerprint density at radius 2 is 1.84 bits per heavy atom. The smallest absolute Gasteiger partial charge is 0.434 e. The van der Waals surface area contributed by atoms with E-state index in [0.29, 0.717) is 46.3 Å². The first-order chi connectivity index (χ1) is 18.2. The number of ether oxygens (including phenoxy) is 1. The molecule has 4 heterocycles. The summed E-state index contributed by atoms with van der Waals surface area (Å²) in [5, 5.41) is 4.90. The Kier molecular flexibility index (Phi) is 5.62. The molecule has 1 saturated carbocycles. The van der Waals surface area contributed by atoms with Crippen LogP contribution in [0.5, 0.6) is 5.88 Å². The molecule has 0 saturated heterocycles. The molecule has 0 bridgehead atoms. The van der Waals surface area contributed by atoms with Crippen molar-refractivity contribution in [3.8, 4) is 23.0 Å². The van der Waals surface area contributed by atoms with Crippen LogP contribution in [0.1, 0.15) is 47.2 Å². The molecule has 0 atom stereocenters. The molecule has 1 aliphatic carbocycles. The van der Waals surface area contributed by atoms with Crippen LogP contribution in [0.15, 0.2) is 43.0 Å². The number of fused-ring (bicyclic) bond motifs is 1. The third kappa shape index (κ3) is 4.25. The minimum absolute atomic E-state index is 0.241. The van der Waals surface area contributed by atoms with Crippen LogP contribution in [0.25, 0.3) is 28.1 Å². The fourth-order valence-electron chi connectivity index (χ4n) is 4.59. The second-order valence-electron chi connectivity index (χ2n) is 9.34. The summed E-state index contributed by atoms with van der Waals surface area (Å²) in [6.07, 6.45) is 2.21. The summed E-state index contributed by atoms with van der Waals surface area (Å²) in [4.78, 5) is 21.7. The lowest BCUT2D eigenvalue weighted by atomic mass is 10.1. The zero-order chi connectivity index (χ0) is 26.6. The van der Waals surface area contributed by atoms with Gasteiger partial charge in [0.15, 0.2) is 5.69 Å². The Labute approximate surface area is 215 Å². The maximum Gasteiger partial charge on any atom is 0.434 e. The number of nitrogens with zero attached hydrogens (tertiary/aromatic N) is 8. The van der Waals surface area contributed by atoms with Crippen LogP contribution < -0.4 is 4.74 Å². The van der Waals surface area contributed by atoms with Crippen molar-refractivity contribution in [3.63, 3.8) is 0 Å². The van der Waals surface area contributed by atoms with Crippen molar-refractivity contribution >= 4 is 11.0 Å². The van der Waals surface area contributed by atoms with E-state index in [4.69, 9.17) is 14.8 Å². The lowest BCUT2D eigenvalue weighted by Crippen LogP contribution is -2.09. The summed E-state index contributed by atoms with van der Waals surface area (Å²) in [5.74, 6) is 1.64. The van der Waals surface area contributed by atoms with Gasteiger partial charge in [0.1, 0.15) is 34.7 Å². The van der Waals surface area contributed by atoms with Crippen LogP contribution in [0, 0.1) is 6.92 Å². The second-order valence-corrected chi connectivity index (χ2v) is 9.34. The lowest BCUT2D eigenvalue weighted by molar-refractivity contribution is -0.140. The van der Waals surface area contributed by atoms with Gasteiger partial charge in [-0.2, -0.15) is 23.3 Å². The third-order valence-electron chi connectivity index (χ3n) is 6.53. The highest BCUT2D eigenvalue weighted by molar-refractivity contribution is 5.79. The molecule has 5 aromatic rings. The summed E-state index contributed by atoms with van der Waals surface area (Å²) in [5.41, 5.74) is 4.28. The maximum absolute atomic E-state index is 13.1. The molecule has 9 nitrogen and oxygen atoms in total. The van der Waals surface area contributed by atoms with Crippen LogP contribution in [0.4, 0.5) is 13.2 Å². The summed E-state index contributed by atoms with van der Waals surface area (Å²) in [6.45, 7) is 1.84. The van der Waals surface area contributed by atoms with Gasteiger partial charge in [0.25, 0.3) is 0 Å². The zero-order valence-electron chi connectivity index (χ0n) is 20.9. The van der Waals surface area contributed by atoms with Gasteiger partial charge in [-0.1, -0.05) is 24.3 Å². The molecule has 4 aromatic heterocycles. The number of imidazole rings is 1. The van der Waals surface area contributed by atoms with E-state index in [1.165, 1.54) is 10.9 Å². The number of hydrogen-bond acceptors (Lipinski definition) is 7. The van der Waals surface area contributed by atoms with E-state index in [1.54, 1.807) is 37.2 Å². The third-order valence-corrected chi connectivity index (χ3v) is 6.53. The predicted octanol–water partition coefficient (Wildman–Crippen LogP) is 4.81. The predicted molar refractivity (Wildman–Crippen MR) is 132 cm³/mol. The van der Waals surface area contributed by atoms with Gasteiger partial charge >= 0.3 is 6.18 Å². The SMILES string of the molecule is COc1nc(C)nc(C2CC2)c1-n1nc(Cc2ccc(-c3nc(C(F)(F)F)cn3C)cc2)c2ncncc21. The molecule has 0 aliphatic heterocycles.